The number of aryl methyl sites for hydroxylation is 2. The van der Waals surface area contributed by atoms with Crippen molar-refractivity contribution >= 4 is 34.1 Å². The second-order valence-corrected chi connectivity index (χ2v) is 9.22. The van der Waals surface area contributed by atoms with E-state index in [4.69, 9.17) is 21.1 Å². The molecular formula is C26H21ClO3S. The summed E-state index contributed by atoms with van der Waals surface area (Å²) >= 11 is 7.89. The number of methoxy groups -OCH3 is 1. The molecule has 0 unspecified atom stereocenters. The topological polar surface area (TPSA) is 38.7 Å². The minimum Gasteiger partial charge on any atom is -0.507 e. The van der Waals surface area contributed by atoms with Crippen molar-refractivity contribution in [2.45, 2.75) is 24.2 Å². The van der Waals surface area contributed by atoms with Gasteiger partial charge in [0.05, 0.1) is 12.0 Å². The molecule has 1 aliphatic heterocycles. The number of ether oxygens (including phenoxy) is 2. The highest BCUT2D eigenvalue weighted by Gasteiger charge is 2.33. The highest BCUT2D eigenvalue weighted by molar-refractivity contribution is 7.99. The van der Waals surface area contributed by atoms with Gasteiger partial charge in [-0.1, -0.05) is 47.6 Å². The van der Waals surface area contributed by atoms with Crippen LogP contribution in [-0.4, -0.2) is 12.2 Å². The molecular weight excluding hydrogens is 428 g/mol. The maximum absolute atomic E-state index is 11.4. The summed E-state index contributed by atoms with van der Waals surface area (Å²) in [6.45, 7) is 4.13. The first kappa shape index (κ1) is 20.1. The summed E-state index contributed by atoms with van der Waals surface area (Å²) in [4.78, 5) is 0.927. The Bertz CT molecular complexity index is 1320. The molecule has 31 heavy (non-hydrogen) atoms. The summed E-state index contributed by atoms with van der Waals surface area (Å²) in [5.74, 6) is 1.86. The lowest BCUT2D eigenvalue weighted by molar-refractivity contribution is 0.305. The maximum Gasteiger partial charge on any atom is 0.174 e. The molecule has 4 aromatic rings. The molecule has 0 aromatic heterocycles. The SMILES string of the molecule is COc1ccc([C@@H]2Oc3c(c(-c4cccc(Cl)c4)c(O)c4cc(C)c(C)cc34)S2)cc1. The Morgan fingerprint density at radius 3 is 2.35 bits per heavy atom. The van der Waals surface area contributed by atoms with Crippen LogP contribution in [0.2, 0.25) is 5.02 Å². The molecule has 1 N–H and O–H groups in total. The van der Waals surface area contributed by atoms with E-state index in [1.807, 2.05) is 54.6 Å². The third-order valence-electron chi connectivity index (χ3n) is 5.75. The van der Waals surface area contributed by atoms with E-state index in [1.165, 1.54) is 0 Å². The molecule has 0 aliphatic carbocycles. The van der Waals surface area contributed by atoms with E-state index in [0.29, 0.717) is 5.02 Å². The Balaban J connectivity index is 1.74. The first-order chi connectivity index (χ1) is 15.0. The summed E-state index contributed by atoms with van der Waals surface area (Å²) in [6, 6.07) is 19.6. The summed E-state index contributed by atoms with van der Waals surface area (Å²) in [5.41, 5.74) is 4.73. The van der Waals surface area contributed by atoms with Crippen molar-refractivity contribution in [2.24, 2.45) is 0 Å². The molecule has 1 atom stereocenters. The molecule has 5 rings (SSSR count). The van der Waals surface area contributed by atoms with Gasteiger partial charge < -0.3 is 14.6 Å². The largest absolute Gasteiger partial charge is 0.507 e. The Labute approximate surface area is 190 Å². The van der Waals surface area contributed by atoms with Crippen LogP contribution >= 0.6 is 23.4 Å². The fraction of sp³-hybridized carbons (Fsp3) is 0.154. The van der Waals surface area contributed by atoms with Crippen molar-refractivity contribution in [3.63, 3.8) is 0 Å². The van der Waals surface area contributed by atoms with Crippen LogP contribution in [0.25, 0.3) is 21.9 Å². The van der Waals surface area contributed by atoms with Gasteiger partial charge in [-0.15, -0.1) is 0 Å². The average molecular weight is 449 g/mol. The lowest BCUT2D eigenvalue weighted by atomic mass is 9.95. The molecule has 0 fully saturated rings. The van der Waals surface area contributed by atoms with Crippen LogP contribution in [-0.2, 0) is 0 Å². The van der Waals surface area contributed by atoms with Crippen LogP contribution in [0.15, 0.2) is 65.6 Å². The van der Waals surface area contributed by atoms with E-state index in [2.05, 4.69) is 19.9 Å². The van der Waals surface area contributed by atoms with E-state index in [-0.39, 0.29) is 11.2 Å². The Morgan fingerprint density at radius 2 is 1.68 bits per heavy atom. The van der Waals surface area contributed by atoms with Gasteiger partial charge in [-0.25, -0.2) is 0 Å². The van der Waals surface area contributed by atoms with Gasteiger partial charge in [-0.2, -0.15) is 0 Å². The molecule has 1 aliphatic rings. The molecule has 3 nitrogen and oxygen atoms in total. The van der Waals surface area contributed by atoms with Crippen LogP contribution in [0.5, 0.6) is 17.2 Å². The number of hydrogen-bond donors (Lipinski definition) is 1. The van der Waals surface area contributed by atoms with Gasteiger partial charge in [0.1, 0.15) is 17.2 Å². The molecule has 1 heterocycles. The minimum atomic E-state index is -0.217. The molecule has 0 amide bonds. The lowest BCUT2D eigenvalue weighted by Crippen LogP contribution is -1.98. The third kappa shape index (κ3) is 3.40. The first-order valence-corrected chi connectivity index (χ1v) is 11.2. The van der Waals surface area contributed by atoms with Crippen LogP contribution in [0, 0.1) is 13.8 Å². The molecule has 0 saturated carbocycles. The molecule has 0 saturated heterocycles. The number of benzene rings is 4. The Hall–Kier alpha value is -2.82. The number of hydrogen-bond acceptors (Lipinski definition) is 4. The summed E-state index contributed by atoms with van der Waals surface area (Å²) in [5, 5.41) is 13.7. The Morgan fingerprint density at radius 1 is 0.968 bits per heavy atom. The smallest absolute Gasteiger partial charge is 0.174 e. The van der Waals surface area contributed by atoms with Crippen LogP contribution in [0.4, 0.5) is 0 Å². The molecule has 156 valence electrons. The number of fused-ring (bicyclic) bond motifs is 3. The monoisotopic (exact) mass is 448 g/mol. The molecule has 0 bridgehead atoms. The zero-order chi connectivity index (χ0) is 21.7. The normalized spacial score (nSPS) is 15.0. The fourth-order valence-electron chi connectivity index (χ4n) is 3.95. The zero-order valence-corrected chi connectivity index (χ0v) is 19.0. The Kier molecular flexibility index (Phi) is 4.99. The van der Waals surface area contributed by atoms with Crippen LogP contribution < -0.4 is 9.47 Å². The molecule has 5 heteroatoms. The summed E-state index contributed by atoms with van der Waals surface area (Å²) < 4.78 is 11.8. The van der Waals surface area contributed by atoms with Crippen molar-refractivity contribution < 1.29 is 14.6 Å². The lowest BCUT2D eigenvalue weighted by Gasteiger charge is -2.15. The van der Waals surface area contributed by atoms with Crippen molar-refractivity contribution in [2.75, 3.05) is 7.11 Å². The van der Waals surface area contributed by atoms with Gasteiger partial charge in [-0.05, 0) is 66.9 Å². The molecule has 0 radical (unpaired) electrons. The maximum atomic E-state index is 11.4. The molecule has 0 spiro atoms. The standard InChI is InChI=1S/C26H21ClO3S/c1-14-11-20-21(12-15(14)2)24-25(22(23(20)28)17-5-4-6-18(27)13-17)31-26(30-24)16-7-9-19(29-3)10-8-16/h4-13,26,28H,1-3H3/t26-/m1/s1. The van der Waals surface area contributed by atoms with Crippen LogP contribution in [0.3, 0.4) is 0 Å². The van der Waals surface area contributed by atoms with Gasteiger partial charge in [0.2, 0.25) is 0 Å². The van der Waals surface area contributed by atoms with Gasteiger partial charge in [-0.3, -0.25) is 0 Å². The van der Waals surface area contributed by atoms with E-state index in [1.54, 1.807) is 18.9 Å². The van der Waals surface area contributed by atoms with E-state index in [9.17, 15) is 5.11 Å². The van der Waals surface area contributed by atoms with Gasteiger partial charge >= 0.3 is 0 Å². The number of thioether (sulfide) groups is 1. The second kappa shape index (κ2) is 7.70. The van der Waals surface area contributed by atoms with Crippen molar-refractivity contribution in [3.8, 4) is 28.4 Å². The minimum absolute atomic E-state index is 0.217. The number of rotatable bonds is 3. The highest BCUT2D eigenvalue weighted by atomic mass is 35.5. The van der Waals surface area contributed by atoms with Gasteiger partial charge in [0.25, 0.3) is 0 Å². The number of phenolic OH excluding ortho intramolecular Hbond substituents is 1. The summed E-state index contributed by atoms with van der Waals surface area (Å²) in [7, 11) is 1.65. The van der Waals surface area contributed by atoms with Crippen LogP contribution in [0.1, 0.15) is 22.1 Å². The number of phenols is 1. The zero-order valence-electron chi connectivity index (χ0n) is 17.4. The predicted molar refractivity (Wildman–Crippen MR) is 128 cm³/mol. The van der Waals surface area contributed by atoms with E-state index >= 15 is 0 Å². The number of halogens is 1. The summed E-state index contributed by atoms with van der Waals surface area (Å²) in [6.07, 6.45) is 0. The van der Waals surface area contributed by atoms with Gasteiger partial charge in [0, 0.05) is 26.9 Å². The molecule has 4 aromatic carbocycles. The highest BCUT2D eigenvalue weighted by Crippen LogP contribution is 2.58. The average Bonchev–Trinajstić information content (AvgIpc) is 3.20. The fourth-order valence-corrected chi connectivity index (χ4v) is 5.39. The quantitative estimate of drug-likeness (QED) is 0.349. The van der Waals surface area contributed by atoms with E-state index in [0.717, 1.165) is 55.0 Å². The predicted octanol–water partition coefficient (Wildman–Crippen LogP) is 7.67. The van der Waals surface area contributed by atoms with Crippen molar-refractivity contribution in [1.82, 2.24) is 0 Å². The third-order valence-corrected chi connectivity index (χ3v) is 7.20. The van der Waals surface area contributed by atoms with Crippen molar-refractivity contribution in [1.29, 1.82) is 0 Å². The van der Waals surface area contributed by atoms with E-state index < -0.39 is 0 Å². The van der Waals surface area contributed by atoms with Crippen molar-refractivity contribution in [3.05, 3.63) is 82.4 Å². The second-order valence-electron chi connectivity index (χ2n) is 7.72. The van der Waals surface area contributed by atoms with Gasteiger partial charge in [0.15, 0.2) is 5.44 Å². The first-order valence-electron chi connectivity index (χ1n) is 9.99. The number of aromatic hydroxyl groups is 1.